The van der Waals surface area contributed by atoms with Crippen LogP contribution in [0.4, 0.5) is 13.2 Å². The van der Waals surface area contributed by atoms with Crippen LogP contribution in [0.3, 0.4) is 0 Å². The zero-order chi connectivity index (χ0) is 17.4. The zero-order valence-corrected chi connectivity index (χ0v) is 12.8. The van der Waals surface area contributed by atoms with Crippen molar-refractivity contribution in [2.24, 2.45) is 0 Å². The number of benzene rings is 1. The summed E-state index contributed by atoms with van der Waals surface area (Å²) in [5, 5.41) is 6.28. The summed E-state index contributed by atoms with van der Waals surface area (Å²) in [7, 11) is -3.98. The van der Waals surface area contributed by atoms with Crippen molar-refractivity contribution in [2.45, 2.75) is 17.7 Å². The molecule has 24 heavy (non-hydrogen) atoms. The monoisotopic (exact) mass is 356 g/mol. The number of H-pyrrole nitrogens is 1. The van der Waals surface area contributed by atoms with E-state index in [0.717, 1.165) is 12.1 Å². The third-order valence-electron chi connectivity index (χ3n) is 3.28. The maximum absolute atomic E-state index is 12.7. The summed E-state index contributed by atoms with van der Waals surface area (Å²) in [6.45, 7) is -0.285. The number of alkyl halides is 3. The molecule has 10 heteroatoms. The highest BCUT2D eigenvalue weighted by Gasteiger charge is 2.30. The fourth-order valence-electron chi connectivity index (χ4n) is 2.14. The summed E-state index contributed by atoms with van der Waals surface area (Å²) in [6.07, 6.45) is -3.02. The second-order valence-electron chi connectivity index (χ2n) is 4.95. The van der Waals surface area contributed by atoms with Crippen LogP contribution in [0, 0.1) is 0 Å². The molecular weight excluding hydrogens is 345 g/mol. The molecule has 0 unspecified atom stereocenters. The molecular formula is C14H11F3N4O2S. The van der Waals surface area contributed by atoms with Gasteiger partial charge in [0.1, 0.15) is 0 Å². The molecule has 0 aliphatic heterocycles. The first-order chi connectivity index (χ1) is 11.3. The Morgan fingerprint density at radius 1 is 1.17 bits per heavy atom. The smallest absolute Gasteiger partial charge is 0.263 e. The molecule has 0 aliphatic carbocycles. The second kappa shape index (κ2) is 5.87. The minimum absolute atomic E-state index is 0.183. The maximum atomic E-state index is 12.7. The molecule has 1 aromatic carbocycles. The fourth-order valence-corrected chi connectivity index (χ4v) is 3.26. The van der Waals surface area contributed by atoms with Crippen LogP contribution in [-0.4, -0.2) is 23.6 Å². The number of aromatic nitrogens is 3. The SMILES string of the molecule is O=S(=O)(NCc1cccc(C(F)(F)F)c1)c1[nH]nc2ncccc12. The molecule has 2 aromatic heterocycles. The molecule has 0 bridgehead atoms. The highest BCUT2D eigenvalue weighted by Crippen LogP contribution is 2.29. The Labute approximate surface area is 134 Å². The van der Waals surface area contributed by atoms with Crippen LogP contribution in [0.1, 0.15) is 11.1 Å². The van der Waals surface area contributed by atoms with E-state index in [1.54, 1.807) is 6.07 Å². The standard InChI is InChI=1S/C14H11F3N4O2S/c15-14(16,17)10-4-1-3-9(7-10)8-19-24(22,23)13-11-5-2-6-18-12(11)20-21-13/h1-7,19H,8H2,(H,18,20,21). The van der Waals surface area contributed by atoms with E-state index < -0.39 is 21.8 Å². The predicted octanol–water partition coefficient (Wildman–Crippen LogP) is 2.46. The van der Waals surface area contributed by atoms with Crippen molar-refractivity contribution in [1.29, 1.82) is 0 Å². The number of hydrogen-bond acceptors (Lipinski definition) is 4. The van der Waals surface area contributed by atoms with Gasteiger partial charge in [-0.3, -0.25) is 5.10 Å². The largest absolute Gasteiger partial charge is 0.416 e. The van der Waals surface area contributed by atoms with Crippen molar-refractivity contribution in [3.63, 3.8) is 0 Å². The molecule has 0 atom stereocenters. The molecule has 0 saturated heterocycles. The Morgan fingerprint density at radius 3 is 2.71 bits per heavy atom. The van der Waals surface area contributed by atoms with Gasteiger partial charge in [0.2, 0.25) is 0 Å². The number of nitrogens with zero attached hydrogens (tertiary/aromatic N) is 2. The fraction of sp³-hybridized carbons (Fsp3) is 0.143. The molecule has 126 valence electrons. The molecule has 6 nitrogen and oxygen atoms in total. The Kier molecular flexibility index (Phi) is 4.01. The van der Waals surface area contributed by atoms with Gasteiger partial charge in [-0.25, -0.2) is 18.1 Å². The molecule has 0 aliphatic rings. The van der Waals surface area contributed by atoms with Crippen molar-refractivity contribution >= 4 is 21.1 Å². The van der Waals surface area contributed by atoms with Gasteiger partial charge in [-0.2, -0.15) is 18.3 Å². The van der Waals surface area contributed by atoms with Gasteiger partial charge in [-0.1, -0.05) is 18.2 Å². The third kappa shape index (κ3) is 3.24. The summed E-state index contributed by atoms with van der Waals surface area (Å²) in [6, 6.07) is 7.54. The van der Waals surface area contributed by atoms with Crippen LogP contribution in [-0.2, 0) is 22.7 Å². The van der Waals surface area contributed by atoms with E-state index in [2.05, 4.69) is 19.9 Å². The highest BCUT2D eigenvalue weighted by molar-refractivity contribution is 7.89. The Bertz CT molecular complexity index is 983. The molecule has 3 rings (SSSR count). The van der Waals surface area contributed by atoms with E-state index >= 15 is 0 Å². The summed E-state index contributed by atoms with van der Waals surface area (Å²) >= 11 is 0. The average Bonchev–Trinajstić information content (AvgIpc) is 2.97. The first-order valence-electron chi connectivity index (χ1n) is 6.72. The van der Waals surface area contributed by atoms with E-state index in [1.165, 1.54) is 24.4 Å². The lowest BCUT2D eigenvalue weighted by molar-refractivity contribution is -0.137. The van der Waals surface area contributed by atoms with Crippen LogP contribution in [0.25, 0.3) is 11.0 Å². The number of halogens is 3. The number of nitrogens with one attached hydrogen (secondary N) is 2. The van der Waals surface area contributed by atoms with Gasteiger partial charge in [0, 0.05) is 12.7 Å². The maximum Gasteiger partial charge on any atom is 0.416 e. The van der Waals surface area contributed by atoms with Crippen LogP contribution in [0.15, 0.2) is 47.6 Å². The van der Waals surface area contributed by atoms with Crippen molar-refractivity contribution in [2.75, 3.05) is 0 Å². The van der Waals surface area contributed by atoms with Gasteiger partial charge >= 0.3 is 6.18 Å². The van der Waals surface area contributed by atoms with E-state index in [4.69, 9.17) is 0 Å². The van der Waals surface area contributed by atoms with Gasteiger partial charge in [-0.05, 0) is 23.8 Å². The molecule has 2 N–H and O–H groups in total. The second-order valence-corrected chi connectivity index (χ2v) is 6.65. The lowest BCUT2D eigenvalue weighted by Crippen LogP contribution is -2.24. The minimum Gasteiger partial charge on any atom is -0.263 e. The quantitative estimate of drug-likeness (QED) is 0.752. The van der Waals surface area contributed by atoms with Crippen LogP contribution >= 0.6 is 0 Å². The Balaban J connectivity index is 1.84. The summed E-state index contributed by atoms with van der Waals surface area (Å²) in [4.78, 5) is 3.91. The summed E-state index contributed by atoms with van der Waals surface area (Å²) in [5.41, 5.74) is -0.414. The summed E-state index contributed by atoms with van der Waals surface area (Å²) in [5.74, 6) is 0. The first-order valence-corrected chi connectivity index (χ1v) is 8.20. The number of aromatic amines is 1. The van der Waals surface area contributed by atoms with Crippen molar-refractivity contribution in [1.82, 2.24) is 19.9 Å². The number of hydrogen-bond donors (Lipinski definition) is 2. The van der Waals surface area contributed by atoms with Gasteiger partial charge in [0.05, 0.1) is 10.9 Å². The van der Waals surface area contributed by atoms with E-state index in [-0.39, 0.29) is 22.8 Å². The highest BCUT2D eigenvalue weighted by atomic mass is 32.2. The average molecular weight is 356 g/mol. The van der Waals surface area contributed by atoms with E-state index in [1.807, 2.05) is 0 Å². The van der Waals surface area contributed by atoms with Gasteiger partial charge in [0.25, 0.3) is 10.0 Å². The van der Waals surface area contributed by atoms with Crippen LogP contribution in [0.5, 0.6) is 0 Å². The lowest BCUT2D eigenvalue weighted by atomic mass is 10.1. The third-order valence-corrected chi connectivity index (χ3v) is 4.66. The number of fused-ring (bicyclic) bond motifs is 1. The normalized spacial score (nSPS) is 12.6. The first kappa shape index (κ1) is 16.4. The lowest BCUT2D eigenvalue weighted by Gasteiger charge is -2.09. The van der Waals surface area contributed by atoms with Crippen molar-refractivity contribution in [3.05, 3.63) is 53.7 Å². The number of sulfonamides is 1. The topological polar surface area (TPSA) is 87.7 Å². The predicted molar refractivity (Wildman–Crippen MR) is 79.4 cm³/mol. The van der Waals surface area contributed by atoms with E-state index in [9.17, 15) is 21.6 Å². The van der Waals surface area contributed by atoms with Gasteiger partial charge in [-0.15, -0.1) is 0 Å². The molecule has 0 fully saturated rings. The van der Waals surface area contributed by atoms with Crippen LogP contribution in [0.2, 0.25) is 0 Å². The molecule has 0 saturated carbocycles. The van der Waals surface area contributed by atoms with Gasteiger partial charge in [0.15, 0.2) is 10.7 Å². The van der Waals surface area contributed by atoms with E-state index in [0.29, 0.717) is 5.39 Å². The number of pyridine rings is 1. The number of rotatable bonds is 4. The molecule has 0 spiro atoms. The van der Waals surface area contributed by atoms with Crippen molar-refractivity contribution in [3.8, 4) is 0 Å². The Morgan fingerprint density at radius 2 is 1.96 bits per heavy atom. The molecule has 2 heterocycles. The minimum atomic E-state index is -4.49. The summed E-state index contributed by atoms with van der Waals surface area (Å²) < 4.78 is 65.0. The molecule has 0 radical (unpaired) electrons. The van der Waals surface area contributed by atoms with Crippen molar-refractivity contribution < 1.29 is 21.6 Å². The molecule has 0 amide bonds. The van der Waals surface area contributed by atoms with Crippen LogP contribution < -0.4 is 4.72 Å². The Hall–Kier alpha value is -2.46. The van der Waals surface area contributed by atoms with Gasteiger partial charge < -0.3 is 0 Å². The molecule has 3 aromatic rings. The zero-order valence-electron chi connectivity index (χ0n) is 12.0.